The van der Waals surface area contributed by atoms with Gasteiger partial charge in [-0.2, -0.15) is 0 Å². The summed E-state index contributed by atoms with van der Waals surface area (Å²) < 4.78 is 0. The van der Waals surface area contributed by atoms with Gasteiger partial charge in [0.15, 0.2) is 0 Å². The number of hydrogen-bond donors (Lipinski definition) is 1. The van der Waals surface area contributed by atoms with Crippen LogP contribution in [0.4, 0.5) is 0 Å². The van der Waals surface area contributed by atoms with Crippen molar-refractivity contribution in [3.05, 3.63) is 0 Å². The molecule has 1 aliphatic carbocycles. The number of carbonyl (C=O) groups excluding carboxylic acids is 2. The molecule has 3 heteroatoms. The van der Waals surface area contributed by atoms with E-state index >= 15 is 0 Å². The summed E-state index contributed by atoms with van der Waals surface area (Å²) in [5.74, 6) is 1.14. The van der Waals surface area contributed by atoms with Gasteiger partial charge in [-0.3, -0.25) is 4.79 Å². The van der Waals surface area contributed by atoms with Crippen LogP contribution in [0.5, 0.6) is 0 Å². The third kappa shape index (κ3) is 3.13. The lowest BCUT2D eigenvalue weighted by Crippen LogP contribution is -2.30. The van der Waals surface area contributed by atoms with E-state index in [0.717, 1.165) is 25.7 Å². The molecule has 1 rings (SSSR count). The molecule has 0 aromatic heterocycles. The molecule has 0 atom stereocenters. The van der Waals surface area contributed by atoms with Crippen molar-refractivity contribution in [2.24, 2.45) is 11.8 Å². The van der Waals surface area contributed by atoms with Crippen LogP contribution in [0, 0.1) is 11.8 Å². The smallest absolute Gasteiger partial charge is 0.222 e. The van der Waals surface area contributed by atoms with Crippen molar-refractivity contribution in [1.82, 2.24) is 5.32 Å². The number of rotatable bonds is 3. The second kappa shape index (κ2) is 5.13. The maximum Gasteiger partial charge on any atom is 0.222 e. The van der Waals surface area contributed by atoms with Crippen LogP contribution >= 0.6 is 0 Å². The molecule has 0 aromatic carbocycles. The fourth-order valence-electron chi connectivity index (χ4n) is 2.24. The molecule has 0 radical (unpaired) electrons. The first-order valence-corrected chi connectivity index (χ1v) is 5.34. The van der Waals surface area contributed by atoms with E-state index in [2.05, 4.69) is 5.32 Å². The van der Waals surface area contributed by atoms with Crippen molar-refractivity contribution in [2.45, 2.75) is 39.0 Å². The first-order chi connectivity index (χ1) is 6.63. The molecule has 1 saturated carbocycles. The minimum Gasteiger partial charge on any atom is -0.359 e. The van der Waals surface area contributed by atoms with Crippen LogP contribution in [0.15, 0.2) is 0 Å². The molecule has 0 aliphatic heterocycles. The summed E-state index contributed by atoms with van der Waals surface area (Å²) in [6.07, 6.45) is 4.63. The molecule has 14 heavy (non-hydrogen) atoms. The largest absolute Gasteiger partial charge is 0.359 e. The molecular weight excluding hydrogens is 178 g/mol. The standard InChI is InChI=1S/C11H19NO2/c1-8(13)7-9-3-5-10(6-4-9)11(14)12-2/h9-10H,3-7H2,1-2H3,(H,12,14). The van der Waals surface area contributed by atoms with E-state index in [4.69, 9.17) is 0 Å². The maximum absolute atomic E-state index is 11.3. The second-order valence-corrected chi connectivity index (χ2v) is 4.24. The molecule has 0 unspecified atom stereocenters. The van der Waals surface area contributed by atoms with E-state index in [0.29, 0.717) is 12.3 Å². The Bertz CT molecular complexity index is 217. The molecule has 1 aliphatic rings. The summed E-state index contributed by atoms with van der Waals surface area (Å²) in [5, 5.41) is 2.68. The SMILES string of the molecule is CNC(=O)C1CCC(CC(C)=O)CC1. The highest BCUT2D eigenvalue weighted by atomic mass is 16.1. The minimum absolute atomic E-state index is 0.159. The molecular formula is C11H19NO2. The number of amides is 1. The van der Waals surface area contributed by atoms with Crippen LogP contribution in [0.25, 0.3) is 0 Å². The highest BCUT2D eigenvalue weighted by Gasteiger charge is 2.25. The zero-order chi connectivity index (χ0) is 10.6. The van der Waals surface area contributed by atoms with Crippen LogP contribution in [0.1, 0.15) is 39.0 Å². The predicted molar refractivity (Wildman–Crippen MR) is 54.8 cm³/mol. The highest BCUT2D eigenvalue weighted by Crippen LogP contribution is 2.30. The number of carbonyl (C=O) groups is 2. The second-order valence-electron chi connectivity index (χ2n) is 4.24. The summed E-state index contributed by atoms with van der Waals surface area (Å²) in [4.78, 5) is 22.2. The number of Topliss-reactive ketones (excluding diaryl/α,β-unsaturated/α-hetero) is 1. The number of hydrogen-bond acceptors (Lipinski definition) is 2. The lowest BCUT2D eigenvalue weighted by Gasteiger charge is -2.26. The van der Waals surface area contributed by atoms with Gasteiger partial charge in [0.1, 0.15) is 5.78 Å². The average molecular weight is 197 g/mol. The van der Waals surface area contributed by atoms with Crippen LogP contribution in [0.2, 0.25) is 0 Å². The van der Waals surface area contributed by atoms with Crippen LogP contribution in [-0.4, -0.2) is 18.7 Å². The normalized spacial score (nSPS) is 27.0. The Morgan fingerprint density at radius 1 is 1.21 bits per heavy atom. The monoisotopic (exact) mass is 197 g/mol. The third-order valence-corrected chi connectivity index (χ3v) is 3.04. The number of ketones is 1. The van der Waals surface area contributed by atoms with E-state index in [1.807, 2.05) is 0 Å². The van der Waals surface area contributed by atoms with Gasteiger partial charge in [0, 0.05) is 19.4 Å². The Hall–Kier alpha value is -0.860. The maximum atomic E-state index is 11.3. The van der Waals surface area contributed by atoms with Gasteiger partial charge in [-0.1, -0.05) is 0 Å². The van der Waals surface area contributed by atoms with Crippen LogP contribution < -0.4 is 5.32 Å². The van der Waals surface area contributed by atoms with E-state index in [9.17, 15) is 9.59 Å². The highest BCUT2D eigenvalue weighted by molar-refractivity contribution is 5.78. The van der Waals surface area contributed by atoms with Crippen molar-refractivity contribution >= 4 is 11.7 Å². The van der Waals surface area contributed by atoms with E-state index in [1.165, 1.54) is 0 Å². The molecule has 0 aromatic rings. The van der Waals surface area contributed by atoms with Gasteiger partial charge in [-0.05, 0) is 38.5 Å². The zero-order valence-corrected chi connectivity index (χ0v) is 9.01. The van der Waals surface area contributed by atoms with Gasteiger partial charge in [0.25, 0.3) is 0 Å². The first-order valence-electron chi connectivity index (χ1n) is 5.34. The van der Waals surface area contributed by atoms with Crippen LogP contribution in [-0.2, 0) is 9.59 Å². The lowest BCUT2D eigenvalue weighted by atomic mass is 9.79. The topological polar surface area (TPSA) is 46.2 Å². The predicted octanol–water partition coefficient (Wildman–Crippen LogP) is 1.52. The molecule has 0 bridgehead atoms. The summed E-state index contributed by atoms with van der Waals surface area (Å²) in [6.45, 7) is 1.64. The molecule has 0 saturated heterocycles. The minimum atomic E-state index is 0.159. The number of nitrogens with one attached hydrogen (secondary N) is 1. The molecule has 80 valence electrons. The van der Waals surface area contributed by atoms with E-state index in [-0.39, 0.29) is 17.6 Å². The van der Waals surface area contributed by atoms with Crippen molar-refractivity contribution in [2.75, 3.05) is 7.05 Å². The molecule has 1 fully saturated rings. The average Bonchev–Trinajstić information content (AvgIpc) is 2.17. The lowest BCUT2D eigenvalue weighted by molar-refractivity contribution is -0.125. The summed E-state index contributed by atoms with van der Waals surface area (Å²) in [7, 11) is 1.68. The Morgan fingerprint density at radius 2 is 1.79 bits per heavy atom. The fraction of sp³-hybridized carbons (Fsp3) is 0.818. The Balaban J connectivity index is 2.31. The third-order valence-electron chi connectivity index (χ3n) is 3.04. The Morgan fingerprint density at radius 3 is 2.21 bits per heavy atom. The summed E-state index contributed by atoms with van der Waals surface area (Å²) in [6, 6.07) is 0. The van der Waals surface area contributed by atoms with E-state index < -0.39 is 0 Å². The quantitative estimate of drug-likeness (QED) is 0.745. The molecule has 0 heterocycles. The molecule has 1 N–H and O–H groups in total. The van der Waals surface area contributed by atoms with Gasteiger partial charge < -0.3 is 10.1 Å². The van der Waals surface area contributed by atoms with Crippen molar-refractivity contribution < 1.29 is 9.59 Å². The van der Waals surface area contributed by atoms with Crippen molar-refractivity contribution in [1.29, 1.82) is 0 Å². The Labute approximate surface area is 85.3 Å². The Kier molecular flexibility index (Phi) is 4.11. The summed E-state index contributed by atoms with van der Waals surface area (Å²) >= 11 is 0. The molecule has 0 spiro atoms. The van der Waals surface area contributed by atoms with Gasteiger partial charge in [-0.25, -0.2) is 0 Å². The van der Waals surface area contributed by atoms with Gasteiger partial charge >= 0.3 is 0 Å². The molecule has 3 nitrogen and oxygen atoms in total. The fourth-order valence-corrected chi connectivity index (χ4v) is 2.24. The zero-order valence-electron chi connectivity index (χ0n) is 9.01. The van der Waals surface area contributed by atoms with Crippen molar-refractivity contribution in [3.8, 4) is 0 Å². The molecule has 1 amide bonds. The van der Waals surface area contributed by atoms with Gasteiger partial charge in [0.05, 0.1) is 0 Å². The summed E-state index contributed by atoms with van der Waals surface area (Å²) in [5.41, 5.74) is 0. The van der Waals surface area contributed by atoms with Gasteiger partial charge in [0.2, 0.25) is 5.91 Å². The van der Waals surface area contributed by atoms with Gasteiger partial charge in [-0.15, -0.1) is 0 Å². The first kappa shape index (κ1) is 11.2. The van der Waals surface area contributed by atoms with E-state index in [1.54, 1.807) is 14.0 Å². The van der Waals surface area contributed by atoms with Crippen LogP contribution in [0.3, 0.4) is 0 Å². The van der Waals surface area contributed by atoms with Crippen molar-refractivity contribution in [3.63, 3.8) is 0 Å².